The van der Waals surface area contributed by atoms with Crippen molar-refractivity contribution >= 4 is 22.4 Å². The maximum Gasteiger partial charge on any atom is 0.223 e. The van der Waals surface area contributed by atoms with Crippen LogP contribution in [0.2, 0.25) is 0 Å². The van der Waals surface area contributed by atoms with Crippen LogP contribution in [0.15, 0.2) is 24.5 Å². The molecule has 30 heavy (non-hydrogen) atoms. The van der Waals surface area contributed by atoms with Gasteiger partial charge in [0.05, 0.1) is 0 Å². The van der Waals surface area contributed by atoms with E-state index in [4.69, 9.17) is 0 Å². The molecule has 0 aromatic carbocycles. The number of amides is 1. The lowest BCUT2D eigenvalue weighted by atomic mass is 9.92. The summed E-state index contributed by atoms with van der Waals surface area (Å²) in [6.45, 7) is 10.7. The molecule has 1 amide bonds. The number of likely N-dealkylation sites (tertiary alicyclic amines) is 1. The van der Waals surface area contributed by atoms with Crippen LogP contribution in [0.5, 0.6) is 0 Å². The summed E-state index contributed by atoms with van der Waals surface area (Å²) >= 11 is 1.60. The Bertz CT molecular complexity index is 788. The van der Waals surface area contributed by atoms with Gasteiger partial charge in [0.1, 0.15) is 0 Å². The molecule has 0 saturated carbocycles. The third kappa shape index (κ3) is 5.40. The molecule has 4 rings (SSSR count). The second kappa shape index (κ2) is 9.92. The molecule has 0 radical (unpaired) electrons. The Morgan fingerprint density at radius 2 is 1.77 bits per heavy atom. The number of carbonyl (C=O) groups is 1. The first-order valence-electron chi connectivity index (χ1n) is 11.3. The molecule has 2 aliphatic rings. The number of nitrogens with one attached hydrogen (secondary N) is 1. The van der Waals surface area contributed by atoms with E-state index in [1.807, 2.05) is 29.1 Å². The summed E-state index contributed by atoms with van der Waals surface area (Å²) in [7, 11) is 0. The van der Waals surface area contributed by atoms with Crippen molar-refractivity contribution in [3.63, 3.8) is 0 Å². The number of piperidine rings is 2. The number of aromatic nitrogens is 3. The summed E-state index contributed by atoms with van der Waals surface area (Å²) in [5.74, 6) is 1.93. The van der Waals surface area contributed by atoms with Crippen LogP contribution in [0.4, 0.5) is 5.13 Å². The van der Waals surface area contributed by atoms with E-state index in [2.05, 4.69) is 39.2 Å². The van der Waals surface area contributed by atoms with Crippen molar-refractivity contribution in [3.05, 3.63) is 24.5 Å². The minimum absolute atomic E-state index is 0.119. The van der Waals surface area contributed by atoms with Crippen molar-refractivity contribution < 1.29 is 4.79 Å². The normalized spacial score (nSPS) is 23.6. The van der Waals surface area contributed by atoms with E-state index < -0.39 is 0 Å². The number of hydrogen-bond donors (Lipinski definition) is 1. The monoisotopic (exact) mass is 430 g/mol. The van der Waals surface area contributed by atoms with Gasteiger partial charge in [0.25, 0.3) is 0 Å². The van der Waals surface area contributed by atoms with Gasteiger partial charge < -0.3 is 15.1 Å². The smallest absolute Gasteiger partial charge is 0.223 e. The van der Waals surface area contributed by atoms with Gasteiger partial charge in [-0.2, -0.15) is 0 Å². The number of anilines is 1. The van der Waals surface area contributed by atoms with Crippen LogP contribution in [0.1, 0.15) is 39.5 Å². The third-order valence-corrected chi connectivity index (χ3v) is 7.26. The number of rotatable bonds is 7. The second-order valence-corrected chi connectivity index (χ2v) is 10.0. The molecule has 2 fully saturated rings. The van der Waals surface area contributed by atoms with E-state index >= 15 is 0 Å². The van der Waals surface area contributed by atoms with E-state index in [1.165, 1.54) is 19.5 Å². The molecule has 0 aliphatic carbocycles. The van der Waals surface area contributed by atoms with Gasteiger partial charge in [-0.05, 0) is 56.2 Å². The zero-order chi connectivity index (χ0) is 20.9. The van der Waals surface area contributed by atoms with Gasteiger partial charge >= 0.3 is 0 Å². The van der Waals surface area contributed by atoms with Crippen LogP contribution < -0.4 is 10.2 Å². The van der Waals surface area contributed by atoms with Gasteiger partial charge in [0.15, 0.2) is 0 Å². The number of carbonyl (C=O) groups excluding carboxylic acids is 1. The highest BCUT2D eigenvalue weighted by molar-refractivity contribution is 7.17. The van der Waals surface area contributed by atoms with Crippen molar-refractivity contribution in [2.75, 3.05) is 44.2 Å². The van der Waals surface area contributed by atoms with Gasteiger partial charge in [0.2, 0.25) is 16.2 Å². The highest BCUT2D eigenvalue weighted by atomic mass is 32.1. The van der Waals surface area contributed by atoms with Crippen molar-refractivity contribution in [1.82, 2.24) is 25.0 Å². The zero-order valence-electron chi connectivity index (χ0n) is 18.2. The molecule has 1 N–H and O–H groups in total. The summed E-state index contributed by atoms with van der Waals surface area (Å²) < 4.78 is 1.98. The minimum atomic E-state index is 0.119. The quantitative estimate of drug-likeness (QED) is 0.684. The summed E-state index contributed by atoms with van der Waals surface area (Å²) in [5, 5.41) is 13.6. The Balaban J connectivity index is 1.16. The van der Waals surface area contributed by atoms with Crippen LogP contribution >= 0.6 is 11.3 Å². The van der Waals surface area contributed by atoms with E-state index in [-0.39, 0.29) is 11.8 Å². The molecule has 4 heterocycles. The topological polar surface area (TPSA) is 66.3 Å². The molecule has 0 unspecified atom stereocenters. The highest BCUT2D eigenvalue weighted by Crippen LogP contribution is 2.28. The molecule has 0 spiro atoms. The molecule has 2 aromatic heterocycles. The van der Waals surface area contributed by atoms with Crippen LogP contribution in [0, 0.1) is 17.8 Å². The number of nitrogens with zero attached hydrogens (tertiary/aromatic N) is 5. The number of hydrogen-bond acceptors (Lipinski definition) is 6. The van der Waals surface area contributed by atoms with Crippen molar-refractivity contribution in [1.29, 1.82) is 0 Å². The lowest BCUT2D eigenvalue weighted by Gasteiger charge is -2.35. The Morgan fingerprint density at radius 1 is 1.10 bits per heavy atom. The summed E-state index contributed by atoms with van der Waals surface area (Å²) in [6.07, 6.45) is 8.10. The van der Waals surface area contributed by atoms with Gasteiger partial charge in [-0.3, -0.25) is 9.36 Å². The van der Waals surface area contributed by atoms with Crippen molar-refractivity contribution in [3.8, 4) is 5.13 Å². The molecule has 2 saturated heterocycles. The fourth-order valence-corrected chi connectivity index (χ4v) is 5.73. The first kappa shape index (κ1) is 21.3. The van der Waals surface area contributed by atoms with E-state index in [0.29, 0.717) is 0 Å². The summed E-state index contributed by atoms with van der Waals surface area (Å²) in [4.78, 5) is 17.4. The van der Waals surface area contributed by atoms with E-state index in [1.54, 1.807) is 11.3 Å². The Morgan fingerprint density at radius 3 is 2.47 bits per heavy atom. The van der Waals surface area contributed by atoms with Gasteiger partial charge in [-0.1, -0.05) is 25.2 Å². The maximum absolute atomic E-state index is 12.6. The van der Waals surface area contributed by atoms with Gasteiger partial charge in [0, 0.05) is 51.0 Å². The summed E-state index contributed by atoms with van der Waals surface area (Å²) in [6, 6.07) is 3.97. The minimum Gasteiger partial charge on any atom is -0.356 e. The third-order valence-electron chi connectivity index (χ3n) is 6.26. The molecule has 7 nitrogen and oxygen atoms in total. The lowest BCUT2D eigenvalue weighted by Crippen LogP contribution is -2.42. The Hall–Kier alpha value is -1.93. The predicted molar refractivity (Wildman–Crippen MR) is 121 cm³/mol. The standard InChI is InChI=1S/C22H34N6OS/c1-17-14-18(2)16-26(15-17)9-5-8-23-20(29)19-6-12-28(13-7-19)22-25-24-21(30-22)27-10-3-4-11-27/h3-4,10-11,17-19H,5-9,12-16H2,1-2H3,(H,23,29)/t17-,18-/m1/s1. The molecule has 8 heteroatoms. The molecular formula is C22H34N6OS. The Kier molecular flexibility index (Phi) is 7.04. The van der Waals surface area contributed by atoms with Crippen LogP contribution in [0.25, 0.3) is 5.13 Å². The molecule has 2 aliphatic heterocycles. The highest BCUT2D eigenvalue weighted by Gasteiger charge is 2.27. The zero-order valence-corrected chi connectivity index (χ0v) is 19.0. The predicted octanol–water partition coefficient (Wildman–Crippen LogP) is 3.03. The average Bonchev–Trinajstić information content (AvgIpc) is 3.42. The van der Waals surface area contributed by atoms with Crippen LogP contribution in [-0.4, -0.2) is 64.8 Å². The second-order valence-electron chi connectivity index (χ2n) is 9.07. The first-order chi connectivity index (χ1) is 14.6. The lowest BCUT2D eigenvalue weighted by molar-refractivity contribution is -0.125. The van der Waals surface area contributed by atoms with E-state index in [0.717, 1.165) is 67.5 Å². The SMILES string of the molecule is C[C@@H]1C[C@@H](C)CN(CCCNC(=O)C2CCN(c3nnc(-n4cccc4)s3)CC2)C1. The first-order valence-corrected chi connectivity index (χ1v) is 12.1. The van der Waals surface area contributed by atoms with Crippen molar-refractivity contribution in [2.45, 2.75) is 39.5 Å². The maximum atomic E-state index is 12.6. The van der Waals surface area contributed by atoms with Gasteiger partial charge in [-0.15, -0.1) is 10.2 Å². The van der Waals surface area contributed by atoms with Gasteiger partial charge in [-0.25, -0.2) is 0 Å². The fourth-order valence-electron chi connectivity index (χ4n) is 4.87. The Labute approximate surface area is 183 Å². The van der Waals surface area contributed by atoms with Crippen molar-refractivity contribution in [2.24, 2.45) is 17.8 Å². The van der Waals surface area contributed by atoms with Crippen LogP contribution in [0.3, 0.4) is 0 Å². The fraction of sp³-hybridized carbons (Fsp3) is 0.682. The average molecular weight is 431 g/mol. The molecule has 0 bridgehead atoms. The molecule has 164 valence electrons. The largest absolute Gasteiger partial charge is 0.356 e. The van der Waals surface area contributed by atoms with E-state index in [9.17, 15) is 4.79 Å². The summed E-state index contributed by atoms with van der Waals surface area (Å²) in [5.41, 5.74) is 0. The molecule has 2 aromatic rings. The molecule has 2 atom stereocenters. The molecular weight excluding hydrogens is 396 g/mol. The van der Waals surface area contributed by atoms with Crippen LogP contribution in [-0.2, 0) is 4.79 Å².